The number of carbonyl (C=O) groups excluding carboxylic acids is 1. The number of rotatable bonds is 6. The van der Waals surface area contributed by atoms with Crippen LogP contribution in [0.2, 0.25) is 0 Å². The van der Waals surface area contributed by atoms with Crippen molar-refractivity contribution in [1.29, 1.82) is 0 Å². The number of esters is 1. The Morgan fingerprint density at radius 3 is 2.46 bits per heavy atom. The van der Waals surface area contributed by atoms with Gasteiger partial charge >= 0.3 is 5.97 Å². The van der Waals surface area contributed by atoms with Gasteiger partial charge in [-0.25, -0.2) is 4.79 Å². The minimum absolute atomic E-state index is 0.323. The summed E-state index contributed by atoms with van der Waals surface area (Å²) in [4.78, 5) is 11.8. The molecule has 0 aliphatic carbocycles. The molecule has 0 N–H and O–H groups in total. The van der Waals surface area contributed by atoms with Gasteiger partial charge in [0.05, 0.1) is 26.9 Å². The molecule has 1 aliphatic rings. The summed E-state index contributed by atoms with van der Waals surface area (Å²) >= 11 is 0. The van der Waals surface area contributed by atoms with Crippen molar-refractivity contribution in [2.24, 2.45) is 0 Å². The Morgan fingerprint density at radius 2 is 1.79 bits per heavy atom. The zero-order chi connectivity index (χ0) is 16.8. The van der Waals surface area contributed by atoms with Gasteiger partial charge < -0.3 is 14.2 Å². The van der Waals surface area contributed by atoms with Gasteiger partial charge in [-0.2, -0.15) is 0 Å². The largest absolute Gasteiger partial charge is 0.467 e. The number of hydrogen-bond donors (Lipinski definition) is 0. The quantitative estimate of drug-likeness (QED) is 0.765. The van der Waals surface area contributed by atoms with E-state index >= 15 is 0 Å². The number of benzene rings is 2. The van der Waals surface area contributed by atoms with Crippen molar-refractivity contribution in [3.05, 3.63) is 71.8 Å². The summed E-state index contributed by atoms with van der Waals surface area (Å²) in [6, 6.07) is 20.2. The van der Waals surface area contributed by atoms with E-state index in [0.717, 1.165) is 11.1 Å². The van der Waals surface area contributed by atoms with Gasteiger partial charge in [-0.1, -0.05) is 60.7 Å². The van der Waals surface area contributed by atoms with E-state index in [1.54, 1.807) is 0 Å². The monoisotopic (exact) mass is 326 g/mol. The Kier molecular flexibility index (Phi) is 5.28. The van der Waals surface area contributed by atoms with Crippen molar-refractivity contribution in [1.82, 2.24) is 0 Å². The summed E-state index contributed by atoms with van der Waals surface area (Å²) < 4.78 is 16.5. The summed E-state index contributed by atoms with van der Waals surface area (Å²) in [7, 11) is 1.39. The lowest BCUT2D eigenvalue weighted by molar-refractivity contribution is -0.151. The molecule has 0 amide bonds. The lowest BCUT2D eigenvalue weighted by Crippen LogP contribution is -2.33. The second-order valence-electron chi connectivity index (χ2n) is 6.15. The standard InChI is InChI=1S/C20H22O4/c1-22-19(21)18-12-20(15-24-18,17-10-6-3-7-11-17)14-23-13-16-8-4-2-5-9-16/h2-11,18H,12-15H2,1H3. The van der Waals surface area contributed by atoms with E-state index in [2.05, 4.69) is 12.1 Å². The molecule has 1 saturated heterocycles. The second kappa shape index (κ2) is 7.60. The summed E-state index contributed by atoms with van der Waals surface area (Å²) in [6.07, 6.45) is 0.0360. The minimum atomic E-state index is -0.532. The molecule has 0 aromatic heterocycles. The first-order valence-corrected chi connectivity index (χ1v) is 8.10. The summed E-state index contributed by atoms with van der Waals surface area (Å²) in [5.74, 6) is -0.323. The Bertz CT molecular complexity index is 656. The molecule has 1 fully saturated rings. The zero-order valence-electron chi connectivity index (χ0n) is 13.8. The molecular formula is C20H22O4. The van der Waals surface area contributed by atoms with Gasteiger partial charge in [-0.05, 0) is 17.5 Å². The molecule has 2 aromatic rings. The third kappa shape index (κ3) is 3.66. The molecule has 3 rings (SSSR count). The van der Waals surface area contributed by atoms with Gasteiger partial charge in [-0.3, -0.25) is 0 Å². The van der Waals surface area contributed by atoms with Crippen LogP contribution < -0.4 is 0 Å². The smallest absolute Gasteiger partial charge is 0.335 e. The van der Waals surface area contributed by atoms with E-state index in [1.165, 1.54) is 7.11 Å². The maximum atomic E-state index is 11.8. The molecule has 4 nitrogen and oxygen atoms in total. The van der Waals surface area contributed by atoms with E-state index in [1.807, 2.05) is 48.5 Å². The van der Waals surface area contributed by atoms with Crippen LogP contribution in [-0.2, 0) is 31.0 Å². The molecule has 24 heavy (non-hydrogen) atoms. The first-order valence-electron chi connectivity index (χ1n) is 8.10. The van der Waals surface area contributed by atoms with Crippen molar-refractivity contribution in [3.8, 4) is 0 Å². The number of ether oxygens (including phenoxy) is 3. The Labute approximate surface area is 142 Å². The fraction of sp³-hybridized carbons (Fsp3) is 0.350. The third-order valence-electron chi connectivity index (χ3n) is 4.48. The van der Waals surface area contributed by atoms with Gasteiger partial charge in [0.1, 0.15) is 0 Å². The molecule has 0 radical (unpaired) electrons. The van der Waals surface area contributed by atoms with Crippen LogP contribution in [0.4, 0.5) is 0 Å². The van der Waals surface area contributed by atoms with Crippen molar-refractivity contribution in [2.75, 3.05) is 20.3 Å². The average Bonchev–Trinajstić information content (AvgIpc) is 3.08. The third-order valence-corrected chi connectivity index (χ3v) is 4.48. The normalized spacial score (nSPS) is 23.1. The first-order chi connectivity index (χ1) is 11.7. The molecule has 1 heterocycles. The summed E-state index contributed by atoms with van der Waals surface area (Å²) in [5.41, 5.74) is 1.93. The summed E-state index contributed by atoms with van der Waals surface area (Å²) in [5, 5.41) is 0. The predicted octanol–water partition coefficient (Wildman–Crippen LogP) is 3.10. The van der Waals surface area contributed by atoms with Crippen LogP contribution in [0.1, 0.15) is 17.5 Å². The number of methoxy groups -OCH3 is 1. The fourth-order valence-electron chi connectivity index (χ4n) is 3.13. The lowest BCUT2D eigenvalue weighted by atomic mass is 9.79. The van der Waals surface area contributed by atoms with Crippen LogP contribution >= 0.6 is 0 Å². The van der Waals surface area contributed by atoms with Gasteiger partial charge in [-0.15, -0.1) is 0 Å². The molecule has 0 spiro atoms. The van der Waals surface area contributed by atoms with Gasteiger partial charge in [0.25, 0.3) is 0 Å². The van der Waals surface area contributed by atoms with Crippen molar-refractivity contribution in [2.45, 2.75) is 24.5 Å². The SMILES string of the molecule is COC(=O)C1CC(COCc2ccccc2)(c2ccccc2)CO1. The minimum Gasteiger partial charge on any atom is -0.467 e. The van der Waals surface area contributed by atoms with Crippen molar-refractivity contribution < 1.29 is 19.0 Å². The molecule has 4 heteroatoms. The van der Waals surface area contributed by atoms with E-state index < -0.39 is 6.10 Å². The average molecular weight is 326 g/mol. The molecule has 0 saturated carbocycles. The van der Waals surface area contributed by atoms with E-state index in [4.69, 9.17) is 14.2 Å². The molecular weight excluding hydrogens is 304 g/mol. The van der Waals surface area contributed by atoms with Gasteiger partial charge in [0.2, 0.25) is 0 Å². The number of carbonyl (C=O) groups is 1. The van der Waals surface area contributed by atoms with Crippen LogP contribution in [-0.4, -0.2) is 32.4 Å². The zero-order valence-corrected chi connectivity index (χ0v) is 13.8. The lowest BCUT2D eigenvalue weighted by Gasteiger charge is -2.28. The van der Waals surface area contributed by atoms with Crippen molar-refractivity contribution >= 4 is 5.97 Å². The molecule has 126 valence electrons. The van der Waals surface area contributed by atoms with Crippen LogP contribution in [0.3, 0.4) is 0 Å². The van der Waals surface area contributed by atoms with Gasteiger partial charge in [0, 0.05) is 5.41 Å². The maximum Gasteiger partial charge on any atom is 0.335 e. The summed E-state index contributed by atoms with van der Waals surface area (Å²) in [6.45, 7) is 1.49. The van der Waals surface area contributed by atoms with Crippen molar-refractivity contribution in [3.63, 3.8) is 0 Å². The second-order valence-corrected chi connectivity index (χ2v) is 6.15. The molecule has 1 aliphatic heterocycles. The van der Waals surface area contributed by atoms with E-state index in [0.29, 0.717) is 26.2 Å². The highest BCUT2D eigenvalue weighted by Crippen LogP contribution is 2.37. The molecule has 0 bridgehead atoms. The molecule has 2 unspecified atom stereocenters. The fourth-order valence-corrected chi connectivity index (χ4v) is 3.13. The highest BCUT2D eigenvalue weighted by atomic mass is 16.6. The Balaban J connectivity index is 1.73. The topological polar surface area (TPSA) is 44.8 Å². The number of hydrogen-bond acceptors (Lipinski definition) is 4. The van der Waals surface area contributed by atoms with E-state index in [9.17, 15) is 4.79 Å². The highest BCUT2D eigenvalue weighted by Gasteiger charge is 2.45. The molecule has 2 aromatic carbocycles. The highest BCUT2D eigenvalue weighted by molar-refractivity contribution is 5.75. The van der Waals surface area contributed by atoms with Crippen LogP contribution in [0, 0.1) is 0 Å². The first kappa shape index (κ1) is 16.7. The Morgan fingerprint density at radius 1 is 1.12 bits per heavy atom. The van der Waals surface area contributed by atoms with E-state index in [-0.39, 0.29) is 11.4 Å². The van der Waals surface area contributed by atoms with Gasteiger partial charge in [0.15, 0.2) is 6.10 Å². The van der Waals surface area contributed by atoms with Crippen LogP contribution in [0.15, 0.2) is 60.7 Å². The molecule has 2 atom stereocenters. The Hall–Kier alpha value is -2.17. The van der Waals surface area contributed by atoms with Crippen LogP contribution in [0.25, 0.3) is 0 Å². The van der Waals surface area contributed by atoms with Crippen LogP contribution in [0.5, 0.6) is 0 Å². The predicted molar refractivity (Wildman–Crippen MR) is 90.6 cm³/mol. The maximum absolute atomic E-state index is 11.8.